The highest BCUT2D eigenvalue weighted by atomic mass is 19.4. The van der Waals surface area contributed by atoms with Crippen LogP contribution in [0, 0.1) is 0 Å². The number of anilines is 2. The normalized spacial score (nSPS) is 16.7. The third-order valence-electron chi connectivity index (χ3n) is 6.90. The van der Waals surface area contributed by atoms with Crippen LogP contribution in [-0.4, -0.2) is 53.9 Å². The third kappa shape index (κ3) is 5.58. The zero-order valence-corrected chi connectivity index (χ0v) is 22.3. The van der Waals surface area contributed by atoms with Crippen LogP contribution in [0.4, 0.5) is 24.9 Å². The summed E-state index contributed by atoms with van der Waals surface area (Å²) < 4.78 is 46.2. The molecule has 216 valence electrons. The summed E-state index contributed by atoms with van der Waals surface area (Å²) in [5, 5.41) is 17.9. The van der Waals surface area contributed by atoms with Gasteiger partial charge >= 0.3 is 12.2 Å². The van der Waals surface area contributed by atoms with Crippen molar-refractivity contribution in [1.82, 2.24) is 29.9 Å². The van der Waals surface area contributed by atoms with Gasteiger partial charge in [0.05, 0.1) is 17.0 Å². The summed E-state index contributed by atoms with van der Waals surface area (Å²) in [5.41, 5.74) is 3.37. The molecule has 43 heavy (non-hydrogen) atoms. The molecule has 5 aromatic rings. The first-order valence-electron chi connectivity index (χ1n) is 13.4. The number of aromatic nitrogens is 6. The minimum Gasteiger partial charge on any atom is -0.403 e. The standard InChI is InChI=1S/C29H22F3N9O2/c30-29(31,32)15-41-14-20(23(40-41)18-12-33-24(34-13-18)17-10-11-17)27-38-39-28(43-27)37-25-26(42)35-21-9-5-4-8-19(21)22(36-25)16-6-2-1-3-7-16/h1-9,12-14,17,25H,10-11,15H2,(H,35,42)(H,37,39)/t25-/m1/s1. The number of benzodiazepines with no additional fused rings is 1. The van der Waals surface area contributed by atoms with Gasteiger partial charge in [0.2, 0.25) is 6.17 Å². The molecule has 2 aliphatic rings. The molecule has 1 atom stereocenters. The van der Waals surface area contributed by atoms with Gasteiger partial charge in [-0.15, -0.1) is 5.10 Å². The molecule has 7 rings (SSSR count). The number of carbonyl (C=O) groups is 1. The monoisotopic (exact) mass is 585 g/mol. The molecule has 1 aliphatic carbocycles. The number of alkyl halides is 3. The molecule has 0 bridgehead atoms. The zero-order valence-electron chi connectivity index (χ0n) is 22.3. The Morgan fingerprint density at radius 3 is 2.44 bits per heavy atom. The Balaban J connectivity index is 1.22. The summed E-state index contributed by atoms with van der Waals surface area (Å²) in [7, 11) is 0. The molecule has 1 aliphatic heterocycles. The molecule has 0 spiro atoms. The van der Waals surface area contributed by atoms with Gasteiger partial charge in [-0.3, -0.25) is 9.48 Å². The van der Waals surface area contributed by atoms with Crippen molar-refractivity contribution in [3.8, 4) is 22.7 Å². The van der Waals surface area contributed by atoms with Crippen molar-refractivity contribution in [3.05, 3.63) is 90.1 Å². The number of hydrogen-bond donors (Lipinski definition) is 2. The number of aliphatic imine (C=N–C) groups is 1. The van der Waals surface area contributed by atoms with Crippen molar-refractivity contribution < 1.29 is 22.4 Å². The van der Waals surface area contributed by atoms with Crippen LogP contribution in [-0.2, 0) is 11.3 Å². The molecule has 11 nitrogen and oxygen atoms in total. The van der Waals surface area contributed by atoms with E-state index >= 15 is 0 Å². The van der Waals surface area contributed by atoms with E-state index in [0.29, 0.717) is 28.7 Å². The second-order valence-corrected chi connectivity index (χ2v) is 10.1. The molecule has 1 amide bonds. The topological polar surface area (TPSA) is 136 Å². The highest BCUT2D eigenvalue weighted by Crippen LogP contribution is 2.38. The van der Waals surface area contributed by atoms with E-state index in [1.165, 1.54) is 18.6 Å². The van der Waals surface area contributed by atoms with Crippen molar-refractivity contribution in [2.24, 2.45) is 4.99 Å². The van der Waals surface area contributed by atoms with Gasteiger partial charge < -0.3 is 15.1 Å². The number of nitrogens with one attached hydrogen (secondary N) is 2. The van der Waals surface area contributed by atoms with Gasteiger partial charge in [0.25, 0.3) is 11.8 Å². The smallest absolute Gasteiger partial charge is 0.403 e. The predicted molar refractivity (Wildman–Crippen MR) is 149 cm³/mol. The van der Waals surface area contributed by atoms with E-state index in [9.17, 15) is 18.0 Å². The first kappa shape index (κ1) is 26.5. The number of hydrogen-bond acceptors (Lipinski definition) is 9. The van der Waals surface area contributed by atoms with E-state index in [1.54, 1.807) is 12.1 Å². The molecular weight excluding hydrogens is 563 g/mol. The summed E-state index contributed by atoms with van der Waals surface area (Å²) in [6.45, 7) is -1.32. The molecule has 2 N–H and O–H groups in total. The van der Waals surface area contributed by atoms with Crippen molar-refractivity contribution in [1.29, 1.82) is 0 Å². The fourth-order valence-corrected chi connectivity index (χ4v) is 4.76. The quantitative estimate of drug-likeness (QED) is 0.271. The Hall–Kier alpha value is -5.40. The lowest BCUT2D eigenvalue weighted by Crippen LogP contribution is -2.32. The van der Waals surface area contributed by atoms with Crippen LogP contribution in [0.5, 0.6) is 0 Å². The molecule has 0 unspecified atom stereocenters. The van der Waals surface area contributed by atoms with Gasteiger partial charge in [-0.25, -0.2) is 15.0 Å². The number of fused-ring (bicyclic) bond motifs is 1. The maximum absolute atomic E-state index is 13.2. The predicted octanol–water partition coefficient (Wildman–Crippen LogP) is 5.06. The first-order chi connectivity index (χ1) is 20.8. The SMILES string of the molecule is O=C1Nc2ccccc2C(c2ccccc2)=N[C@@H]1Nc1nnc(-c2cn(CC(F)(F)F)nc2-c2cnc(C3CC3)nc2)o1. The highest BCUT2D eigenvalue weighted by Gasteiger charge is 2.32. The number of para-hydroxylation sites is 1. The second kappa shape index (κ2) is 10.5. The van der Waals surface area contributed by atoms with Gasteiger partial charge in [-0.1, -0.05) is 53.6 Å². The van der Waals surface area contributed by atoms with Crippen LogP contribution in [0.25, 0.3) is 22.7 Å². The lowest BCUT2D eigenvalue weighted by atomic mass is 10.0. The lowest BCUT2D eigenvalue weighted by molar-refractivity contribution is -0.142. The van der Waals surface area contributed by atoms with Crippen LogP contribution < -0.4 is 10.6 Å². The van der Waals surface area contributed by atoms with E-state index in [-0.39, 0.29) is 23.2 Å². The first-order valence-corrected chi connectivity index (χ1v) is 13.4. The van der Waals surface area contributed by atoms with Gasteiger partial charge in [0, 0.05) is 41.2 Å². The molecule has 3 aromatic heterocycles. The van der Waals surface area contributed by atoms with E-state index in [1.807, 2.05) is 42.5 Å². The van der Waals surface area contributed by atoms with Gasteiger partial charge in [0.15, 0.2) is 0 Å². The van der Waals surface area contributed by atoms with Crippen LogP contribution in [0.3, 0.4) is 0 Å². The molecule has 4 heterocycles. The highest BCUT2D eigenvalue weighted by molar-refractivity contribution is 6.19. The van der Waals surface area contributed by atoms with Crippen molar-refractivity contribution in [2.75, 3.05) is 10.6 Å². The van der Waals surface area contributed by atoms with Crippen LogP contribution in [0.1, 0.15) is 35.7 Å². The lowest BCUT2D eigenvalue weighted by Gasteiger charge is -2.11. The molecule has 2 aromatic carbocycles. The molecular formula is C29H22F3N9O2. The number of nitrogens with zero attached hydrogens (tertiary/aromatic N) is 7. The third-order valence-corrected chi connectivity index (χ3v) is 6.90. The molecule has 0 radical (unpaired) electrons. The van der Waals surface area contributed by atoms with E-state index < -0.39 is 24.8 Å². The van der Waals surface area contributed by atoms with E-state index in [2.05, 4.69) is 35.9 Å². The second-order valence-electron chi connectivity index (χ2n) is 10.1. The molecule has 0 saturated heterocycles. The Bertz CT molecular complexity index is 1830. The number of amides is 1. The summed E-state index contributed by atoms with van der Waals surface area (Å²) >= 11 is 0. The van der Waals surface area contributed by atoms with Gasteiger partial charge in [0.1, 0.15) is 18.1 Å². The van der Waals surface area contributed by atoms with Gasteiger partial charge in [-0.2, -0.15) is 18.3 Å². The molecule has 1 fully saturated rings. The Morgan fingerprint density at radius 1 is 0.953 bits per heavy atom. The maximum Gasteiger partial charge on any atom is 0.408 e. The number of benzene rings is 2. The largest absolute Gasteiger partial charge is 0.408 e. The summed E-state index contributed by atoms with van der Waals surface area (Å²) in [6, 6.07) is 16.5. The Labute approximate surface area is 241 Å². The van der Waals surface area contributed by atoms with Crippen molar-refractivity contribution >= 4 is 23.3 Å². The average Bonchev–Trinajstić information content (AvgIpc) is 3.64. The number of rotatable bonds is 7. The van der Waals surface area contributed by atoms with E-state index in [0.717, 1.165) is 28.7 Å². The summed E-state index contributed by atoms with van der Waals surface area (Å²) in [6.07, 6.45) is 0.560. The van der Waals surface area contributed by atoms with Crippen LogP contribution in [0.15, 0.2) is 82.6 Å². The van der Waals surface area contributed by atoms with Crippen molar-refractivity contribution in [3.63, 3.8) is 0 Å². The van der Waals surface area contributed by atoms with E-state index in [4.69, 9.17) is 9.41 Å². The fourth-order valence-electron chi connectivity index (χ4n) is 4.76. The average molecular weight is 586 g/mol. The summed E-state index contributed by atoms with van der Waals surface area (Å²) in [4.78, 5) is 26.6. The minimum atomic E-state index is -4.51. The Morgan fingerprint density at radius 2 is 1.70 bits per heavy atom. The summed E-state index contributed by atoms with van der Waals surface area (Å²) in [5.74, 6) is 0.412. The zero-order chi connectivity index (χ0) is 29.6. The number of halogens is 3. The van der Waals surface area contributed by atoms with Crippen LogP contribution in [0.2, 0.25) is 0 Å². The fraction of sp³-hybridized carbons (Fsp3) is 0.207. The van der Waals surface area contributed by atoms with Crippen molar-refractivity contribution in [2.45, 2.75) is 37.6 Å². The Kier molecular flexibility index (Phi) is 6.44. The van der Waals surface area contributed by atoms with Gasteiger partial charge in [-0.05, 0) is 18.9 Å². The minimum absolute atomic E-state index is 0.109. The molecule has 1 saturated carbocycles. The number of carbonyl (C=O) groups excluding carboxylic acids is 1. The molecule has 14 heteroatoms. The van der Waals surface area contributed by atoms with Crippen LogP contribution >= 0.6 is 0 Å². The maximum atomic E-state index is 13.2.